The molecule has 0 unspecified atom stereocenters. The minimum Gasteiger partial charge on any atom is -0.466 e. The molecule has 0 aliphatic rings. The highest BCUT2D eigenvalue weighted by Crippen LogP contribution is 2.31. The molecule has 0 fully saturated rings. The van der Waals surface area contributed by atoms with Crippen LogP contribution in [0.4, 0.5) is 8.78 Å². The number of halogens is 2. The van der Waals surface area contributed by atoms with Gasteiger partial charge in [0, 0.05) is 12.7 Å². The molecule has 0 saturated carbocycles. The van der Waals surface area contributed by atoms with E-state index in [0.717, 1.165) is 0 Å². The number of esters is 1. The summed E-state index contributed by atoms with van der Waals surface area (Å²) < 4.78 is 45.4. The molecule has 25 heavy (non-hydrogen) atoms. The van der Waals surface area contributed by atoms with Crippen LogP contribution in [-0.4, -0.2) is 38.5 Å². The second-order valence-electron chi connectivity index (χ2n) is 6.18. The van der Waals surface area contributed by atoms with Crippen LogP contribution < -0.4 is 4.74 Å². The van der Waals surface area contributed by atoms with Gasteiger partial charge in [0.1, 0.15) is 23.5 Å². The zero-order chi connectivity index (χ0) is 19.0. The molecule has 0 N–H and O–H groups in total. The van der Waals surface area contributed by atoms with E-state index in [9.17, 15) is 13.6 Å². The Morgan fingerprint density at radius 2 is 2.00 bits per heavy atom. The van der Waals surface area contributed by atoms with E-state index in [1.807, 2.05) is 0 Å². The SMILES string of the molecule is C=Cc1ccc(COCC(F)F)c(C(=O)OC(C)(C)C)c1OCOC. The molecule has 140 valence electrons. The summed E-state index contributed by atoms with van der Waals surface area (Å²) in [6.07, 6.45) is -1.08. The Hall–Kier alpha value is -1.99. The summed E-state index contributed by atoms with van der Waals surface area (Å²) in [5, 5.41) is 0. The molecule has 5 nitrogen and oxygen atoms in total. The molecule has 0 spiro atoms. The van der Waals surface area contributed by atoms with Gasteiger partial charge in [-0.25, -0.2) is 13.6 Å². The molecule has 0 aliphatic carbocycles. The van der Waals surface area contributed by atoms with Crippen molar-refractivity contribution in [2.75, 3.05) is 20.5 Å². The van der Waals surface area contributed by atoms with Gasteiger partial charge in [-0.3, -0.25) is 0 Å². The van der Waals surface area contributed by atoms with Gasteiger partial charge in [-0.2, -0.15) is 0 Å². The maximum atomic E-state index is 12.6. The summed E-state index contributed by atoms with van der Waals surface area (Å²) in [5.74, 6) is -0.429. The molecular weight excluding hydrogens is 334 g/mol. The van der Waals surface area contributed by atoms with E-state index in [-0.39, 0.29) is 24.7 Å². The van der Waals surface area contributed by atoms with Crippen LogP contribution in [0, 0.1) is 0 Å². The maximum absolute atomic E-state index is 12.6. The number of methoxy groups -OCH3 is 1. The molecule has 0 aliphatic heterocycles. The van der Waals surface area contributed by atoms with Crippen LogP contribution >= 0.6 is 0 Å². The van der Waals surface area contributed by atoms with Gasteiger partial charge >= 0.3 is 5.97 Å². The van der Waals surface area contributed by atoms with E-state index in [4.69, 9.17) is 18.9 Å². The second kappa shape index (κ2) is 9.48. The molecule has 0 aromatic heterocycles. The van der Waals surface area contributed by atoms with Crippen LogP contribution in [-0.2, 0) is 20.8 Å². The van der Waals surface area contributed by atoms with Gasteiger partial charge in [-0.15, -0.1) is 0 Å². The number of ether oxygens (including phenoxy) is 4. The van der Waals surface area contributed by atoms with Gasteiger partial charge in [0.05, 0.1) is 6.61 Å². The monoisotopic (exact) mass is 358 g/mol. The molecule has 1 aromatic rings. The third-order valence-electron chi connectivity index (χ3n) is 2.92. The predicted molar refractivity (Wildman–Crippen MR) is 89.9 cm³/mol. The van der Waals surface area contributed by atoms with Crippen molar-refractivity contribution in [2.24, 2.45) is 0 Å². The van der Waals surface area contributed by atoms with Gasteiger partial charge in [-0.05, 0) is 26.3 Å². The quantitative estimate of drug-likeness (QED) is 0.492. The predicted octanol–water partition coefficient (Wildman–Crippen LogP) is 4.05. The molecular formula is C18H24F2O5. The average Bonchev–Trinajstić information content (AvgIpc) is 2.50. The summed E-state index contributed by atoms with van der Waals surface area (Å²) >= 11 is 0. The molecule has 0 amide bonds. The lowest BCUT2D eigenvalue weighted by molar-refractivity contribution is 0.00219. The Morgan fingerprint density at radius 1 is 1.32 bits per heavy atom. The van der Waals surface area contributed by atoms with Crippen LogP contribution in [0.5, 0.6) is 5.75 Å². The fourth-order valence-corrected chi connectivity index (χ4v) is 2.00. The van der Waals surface area contributed by atoms with Crippen LogP contribution in [0.2, 0.25) is 0 Å². The van der Waals surface area contributed by atoms with Crippen LogP contribution in [0.25, 0.3) is 6.08 Å². The Balaban J connectivity index is 3.29. The smallest absolute Gasteiger partial charge is 0.342 e. The van der Waals surface area contributed by atoms with Crippen molar-refractivity contribution in [3.63, 3.8) is 0 Å². The highest BCUT2D eigenvalue weighted by molar-refractivity contribution is 5.96. The van der Waals surface area contributed by atoms with E-state index >= 15 is 0 Å². The Kier molecular flexibility index (Phi) is 7.99. The van der Waals surface area contributed by atoms with Gasteiger partial charge in [0.25, 0.3) is 6.43 Å². The Morgan fingerprint density at radius 3 is 2.52 bits per heavy atom. The first-order valence-electron chi connectivity index (χ1n) is 7.69. The first-order valence-corrected chi connectivity index (χ1v) is 7.69. The molecule has 0 bridgehead atoms. The molecule has 0 atom stereocenters. The van der Waals surface area contributed by atoms with E-state index < -0.39 is 24.6 Å². The van der Waals surface area contributed by atoms with Gasteiger partial charge in [0.15, 0.2) is 6.79 Å². The second-order valence-corrected chi connectivity index (χ2v) is 6.18. The highest BCUT2D eigenvalue weighted by atomic mass is 19.3. The molecule has 0 radical (unpaired) electrons. The minimum absolute atomic E-state index is 0.0992. The molecule has 1 aromatic carbocycles. The van der Waals surface area contributed by atoms with Crippen LogP contribution in [0.3, 0.4) is 0 Å². The summed E-state index contributed by atoms with van der Waals surface area (Å²) in [7, 11) is 1.44. The largest absolute Gasteiger partial charge is 0.466 e. The molecule has 1 rings (SSSR count). The number of alkyl halides is 2. The topological polar surface area (TPSA) is 54.0 Å². The lowest BCUT2D eigenvalue weighted by atomic mass is 10.0. The summed E-state index contributed by atoms with van der Waals surface area (Å²) in [5.41, 5.74) is 0.307. The van der Waals surface area contributed by atoms with Crippen molar-refractivity contribution in [2.45, 2.75) is 39.4 Å². The number of rotatable bonds is 9. The van der Waals surface area contributed by atoms with E-state index in [1.165, 1.54) is 13.2 Å². The molecule has 0 heterocycles. The average molecular weight is 358 g/mol. The fraction of sp³-hybridized carbons (Fsp3) is 0.500. The number of hydrogen-bond donors (Lipinski definition) is 0. The Bertz CT molecular complexity index is 594. The van der Waals surface area contributed by atoms with Crippen molar-refractivity contribution in [1.82, 2.24) is 0 Å². The lowest BCUT2D eigenvalue weighted by Crippen LogP contribution is -2.25. The number of hydrogen-bond acceptors (Lipinski definition) is 5. The maximum Gasteiger partial charge on any atom is 0.342 e. The molecule has 7 heteroatoms. The van der Waals surface area contributed by atoms with Crippen molar-refractivity contribution >= 4 is 12.0 Å². The first kappa shape index (κ1) is 21.1. The number of carbonyl (C=O) groups is 1. The first-order chi connectivity index (χ1) is 11.7. The van der Waals surface area contributed by atoms with Gasteiger partial charge in [0.2, 0.25) is 0 Å². The van der Waals surface area contributed by atoms with Crippen molar-refractivity contribution < 1.29 is 32.5 Å². The third kappa shape index (κ3) is 6.80. The summed E-state index contributed by atoms with van der Waals surface area (Å²) in [4.78, 5) is 12.6. The summed E-state index contributed by atoms with van der Waals surface area (Å²) in [6, 6.07) is 3.26. The lowest BCUT2D eigenvalue weighted by Gasteiger charge is -2.23. The van der Waals surface area contributed by atoms with Crippen molar-refractivity contribution in [3.05, 3.63) is 35.4 Å². The molecule has 0 saturated heterocycles. The highest BCUT2D eigenvalue weighted by Gasteiger charge is 2.26. The van der Waals surface area contributed by atoms with Crippen LogP contribution in [0.1, 0.15) is 42.3 Å². The number of carbonyl (C=O) groups excluding carboxylic acids is 1. The third-order valence-corrected chi connectivity index (χ3v) is 2.92. The fourth-order valence-electron chi connectivity index (χ4n) is 2.00. The summed E-state index contributed by atoms with van der Waals surface area (Å²) in [6.45, 7) is 7.86. The number of benzene rings is 1. The van der Waals surface area contributed by atoms with Crippen LogP contribution in [0.15, 0.2) is 18.7 Å². The minimum atomic E-state index is -2.60. The van der Waals surface area contributed by atoms with Crippen molar-refractivity contribution in [1.29, 1.82) is 0 Å². The zero-order valence-electron chi connectivity index (χ0n) is 14.9. The van der Waals surface area contributed by atoms with E-state index in [1.54, 1.807) is 32.9 Å². The zero-order valence-corrected chi connectivity index (χ0v) is 14.9. The van der Waals surface area contributed by atoms with Gasteiger partial charge in [-0.1, -0.05) is 24.8 Å². The standard InChI is InChI=1S/C18H24F2O5/c1-6-12-7-8-13(9-23-10-14(19)20)15(16(12)24-11-22-5)17(21)25-18(2,3)4/h6-8,14H,1,9-11H2,2-5H3. The normalized spacial score (nSPS) is 11.5. The van der Waals surface area contributed by atoms with E-state index in [2.05, 4.69) is 6.58 Å². The van der Waals surface area contributed by atoms with Crippen molar-refractivity contribution in [3.8, 4) is 5.75 Å². The van der Waals surface area contributed by atoms with E-state index in [0.29, 0.717) is 11.1 Å². The Labute approximate surface area is 146 Å². The van der Waals surface area contributed by atoms with Gasteiger partial charge < -0.3 is 18.9 Å².